The van der Waals surface area contributed by atoms with Crippen LogP contribution in [0.2, 0.25) is 0 Å². The molecule has 0 bridgehead atoms. The Morgan fingerprint density at radius 2 is 1.35 bits per heavy atom. The predicted octanol–water partition coefficient (Wildman–Crippen LogP) is 9.50. The number of carbonyl (C=O) groups excluding carboxylic acids is 2. The third kappa shape index (κ3) is 7.21. The fourth-order valence-corrected chi connectivity index (χ4v) is 8.82. The van der Waals surface area contributed by atoms with E-state index in [1.165, 1.54) is 0 Å². The molecular weight excluding hydrogens is 818 g/mol. The van der Waals surface area contributed by atoms with Crippen molar-refractivity contribution >= 4 is 38.8 Å². The van der Waals surface area contributed by atoms with Crippen molar-refractivity contribution in [3.63, 3.8) is 0 Å². The van der Waals surface area contributed by atoms with E-state index in [0.717, 1.165) is 49.1 Å². The molecule has 1 amide bonds. The van der Waals surface area contributed by atoms with Crippen LogP contribution in [0.1, 0.15) is 65.0 Å². The lowest BCUT2D eigenvalue weighted by atomic mass is 9.77. The first kappa shape index (κ1) is 40.1. The lowest BCUT2D eigenvalue weighted by molar-refractivity contribution is -0.134. The molecule has 12 heteroatoms. The lowest BCUT2D eigenvalue weighted by Crippen LogP contribution is -2.39. The molecule has 0 unspecified atom stereocenters. The molecule has 0 fully saturated rings. The number of ether oxygens (including phenoxy) is 1. The molecule has 11 nitrogen and oxygen atoms in total. The molecule has 0 radical (unpaired) electrons. The lowest BCUT2D eigenvalue weighted by Gasteiger charge is -2.34. The SMILES string of the molecule is CCc1nc(C)c(C(=O)OCC(=O)N(CC)CC)n1Cc1cccc2oc(-c3ccccc3-c3nnn(C(c4ccccc4)(c4ccccc4)c4ccccc4)n3)c(Br)c12. The highest BCUT2D eigenvalue weighted by Gasteiger charge is 2.41. The van der Waals surface area contributed by atoms with Gasteiger partial charge in [-0.05, 0) is 70.2 Å². The van der Waals surface area contributed by atoms with Crippen LogP contribution in [0.15, 0.2) is 142 Å². The Balaban J connectivity index is 1.20. The maximum absolute atomic E-state index is 13.6. The van der Waals surface area contributed by atoms with Gasteiger partial charge in [-0.15, -0.1) is 15.0 Å². The van der Waals surface area contributed by atoms with Gasteiger partial charge in [-0.3, -0.25) is 4.79 Å². The molecule has 0 atom stereocenters. The van der Waals surface area contributed by atoms with Gasteiger partial charge in [0.2, 0.25) is 5.82 Å². The van der Waals surface area contributed by atoms with Crippen LogP contribution >= 0.6 is 15.9 Å². The average Bonchev–Trinajstić information content (AvgIpc) is 4.00. The Hall–Kier alpha value is -6.66. The number of aryl methyl sites for hydroxylation is 2. The maximum Gasteiger partial charge on any atom is 0.357 e. The average molecular weight is 863 g/mol. The summed E-state index contributed by atoms with van der Waals surface area (Å²) < 4.78 is 14.9. The Morgan fingerprint density at radius 3 is 1.93 bits per heavy atom. The van der Waals surface area contributed by atoms with Crippen molar-refractivity contribution in [3.05, 3.63) is 177 Å². The van der Waals surface area contributed by atoms with Gasteiger partial charge < -0.3 is 18.6 Å². The van der Waals surface area contributed by atoms with E-state index in [2.05, 4.69) is 52.3 Å². The number of likely N-dealkylation sites (N-methyl/N-ethyl adjacent to an activating group) is 1. The van der Waals surface area contributed by atoms with Gasteiger partial charge in [0.1, 0.15) is 17.2 Å². The van der Waals surface area contributed by atoms with Gasteiger partial charge in [-0.25, -0.2) is 9.78 Å². The number of hydrogen-bond acceptors (Lipinski definition) is 8. The Morgan fingerprint density at radius 1 is 0.767 bits per heavy atom. The summed E-state index contributed by atoms with van der Waals surface area (Å²) in [6, 6.07) is 44.4. The molecule has 5 aromatic carbocycles. The van der Waals surface area contributed by atoms with E-state index in [0.29, 0.717) is 54.6 Å². The summed E-state index contributed by atoms with van der Waals surface area (Å²) in [6.45, 7) is 8.61. The van der Waals surface area contributed by atoms with Crippen LogP contribution < -0.4 is 0 Å². The Kier molecular flexibility index (Phi) is 11.6. The number of esters is 1. The van der Waals surface area contributed by atoms with Gasteiger partial charge in [0.25, 0.3) is 5.91 Å². The van der Waals surface area contributed by atoms with Crippen LogP contribution in [0, 0.1) is 6.92 Å². The molecule has 60 heavy (non-hydrogen) atoms. The van der Waals surface area contributed by atoms with Crippen molar-refractivity contribution in [1.82, 2.24) is 34.7 Å². The molecule has 8 rings (SSSR count). The zero-order valence-corrected chi connectivity index (χ0v) is 35.5. The molecule has 0 saturated heterocycles. The Labute approximate surface area is 356 Å². The monoisotopic (exact) mass is 861 g/mol. The predicted molar refractivity (Wildman–Crippen MR) is 234 cm³/mol. The number of hydrogen-bond donors (Lipinski definition) is 0. The van der Waals surface area contributed by atoms with Crippen molar-refractivity contribution in [3.8, 4) is 22.7 Å². The van der Waals surface area contributed by atoms with E-state index in [1.54, 1.807) is 16.6 Å². The van der Waals surface area contributed by atoms with Crippen LogP contribution in [-0.2, 0) is 28.0 Å². The molecule has 302 valence electrons. The Bertz CT molecular complexity index is 2680. The fourth-order valence-electron chi connectivity index (χ4n) is 8.07. The third-order valence-corrected chi connectivity index (χ3v) is 11.7. The number of aromatic nitrogens is 6. The van der Waals surface area contributed by atoms with Gasteiger partial charge in [0.15, 0.2) is 17.8 Å². The van der Waals surface area contributed by atoms with Gasteiger partial charge in [0, 0.05) is 36.0 Å². The number of amides is 1. The second-order valence-corrected chi connectivity index (χ2v) is 15.1. The number of fused-ring (bicyclic) bond motifs is 1. The quantitative estimate of drug-likeness (QED) is 0.0784. The molecule has 3 heterocycles. The van der Waals surface area contributed by atoms with Gasteiger partial charge in [-0.2, -0.15) is 0 Å². The summed E-state index contributed by atoms with van der Waals surface area (Å²) in [7, 11) is 0. The number of imidazole rings is 1. The zero-order valence-electron chi connectivity index (χ0n) is 33.9. The first-order chi connectivity index (χ1) is 29.3. The second-order valence-electron chi connectivity index (χ2n) is 14.3. The van der Waals surface area contributed by atoms with Crippen LogP contribution in [0.3, 0.4) is 0 Å². The number of nitrogens with zero attached hydrogens (tertiary/aromatic N) is 7. The fraction of sp³-hybridized carbons (Fsp3) is 0.208. The van der Waals surface area contributed by atoms with Gasteiger partial charge in [-0.1, -0.05) is 134 Å². The number of carbonyl (C=O) groups is 2. The van der Waals surface area contributed by atoms with E-state index >= 15 is 0 Å². The molecule has 0 spiro atoms. The van der Waals surface area contributed by atoms with E-state index in [4.69, 9.17) is 29.5 Å². The van der Waals surface area contributed by atoms with Crippen LogP contribution in [-0.4, -0.2) is 66.2 Å². The molecule has 0 saturated carbocycles. The van der Waals surface area contributed by atoms with E-state index in [1.807, 2.05) is 122 Å². The number of rotatable bonds is 14. The third-order valence-electron chi connectivity index (χ3n) is 10.9. The first-order valence-electron chi connectivity index (χ1n) is 20.1. The summed E-state index contributed by atoms with van der Waals surface area (Å²) in [5, 5.41) is 15.5. The van der Waals surface area contributed by atoms with E-state index < -0.39 is 11.5 Å². The van der Waals surface area contributed by atoms with Gasteiger partial charge in [0.05, 0.1) is 16.7 Å². The van der Waals surface area contributed by atoms with E-state index in [9.17, 15) is 9.59 Å². The molecule has 3 aromatic heterocycles. The minimum atomic E-state index is -0.936. The molecule has 0 aliphatic heterocycles. The maximum atomic E-state index is 13.6. The highest BCUT2D eigenvalue weighted by Crippen LogP contribution is 2.44. The first-order valence-corrected chi connectivity index (χ1v) is 20.9. The normalized spacial score (nSPS) is 11.6. The second kappa shape index (κ2) is 17.3. The highest BCUT2D eigenvalue weighted by atomic mass is 79.9. The number of furan rings is 1. The van der Waals surface area contributed by atoms with Crippen LogP contribution in [0.5, 0.6) is 0 Å². The van der Waals surface area contributed by atoms with Crippen molar-refractivity contribution in [1.29, 1.82) is 0 Å². The topological polar surface area (TPSA) is 121 Å². The number of benzene rings is 5. The minimum absolute atomic E-state index is 0.242. The van der Waals surface area contributed by atoms with Crippen LogP contribution in [0.25, 0.3) is 33.7 Å². The van der Waals surface area contributed by atoms with Crippen molar-refractivity contribution in [2.75, 3.05) is 19.7 Å². The molecular formula is C48H44BrN7O4. The molecule has 8 aromatic rings. The van der Waals surface area contributed by atoms with E-state index in [-0.39, 0.29) is 12.5 Å². The van der Waals surface area contributed by atoms with Crippen molar-refractivity contribution in [2.45, 2.75) is 46.2 Å². The molecule has 0 aliphatic carbocycles. The van der Waals surface area contributed by atoms with Gasteiger partial charge >= 0.3 is 5.97 Å². The molecule has 0 aliphatic rings. The van der Waals surface area contributed by atoms with Crippen LogP contribution in [0.4, 0.5) is 0 Å². The summed E-state index contributed by atoms with van der Waals surface area (Å²) >= 11 is 3.93. The summed E-state index contributed by atoms with van der Waals surface area (Å²) in [5.41, 5.74) is 5.92. The van der Waals surface area contributed by atoms with Crippen molar-refractivity contribution in [2.24, 2.45) is 0 Å². The smallest absolute Gasteiger partial charge is 0.357 e. The number of halogens is 1. The molecule has 0 N–H and O–H groups in total. The number of tetrazole rings is 1. The minimum Gasteiger partial charge on any atom is -0.455 e. The largest absolute Gasteiger partial charge is 0.455 e. The zero-order chi connectivity index (χ0) is 41.8. The summed E-state index contributed by atoms with van der Waals surface area (Å²) in [6.07, 6.45) is 0.585. The highest BCUT2D eigenvalue weighted by molar-refractivity contribution is 9.10. The summed E-state index contributed by atoms with van der Waals surface area (Å²) in [4.78, 5) is 34.4. The standard InChI is InChI=1S/C48H44BrN7O4/c1-5-40-50-32(4)44(47(58)59-31-41(57)54(6-2)7-3)55(40)30-33-20-19-29-39-42(33)43(49)45(60-39)37-27-17-18-28-38(37)46-51-53-56(52-46)48(34-21-11-8-12-22-34,35-23-13-9-14-24-35)36-25-15-10-16-26-36/h8-29H,5-7,30-31H2,1-4H3. The summed E-state index contributed by atoms with van der Waals surface area (Å²) in [5.74, 6) is 0.910. The van der Waals surface area contributed by atoms with Crippen molar-refractivity contribution < 1.29 is 18.7 Å².